The van der Waals surface area contributed by atoms with Crippen LogP contribution in [-0.4, -0.2) is 73.1 Å². The standard InChI is InChI=1S/C21H14BrN3O.C21H12BrN3.C16H11NO2.C16H13N.C10H7Br.C6H6BNO4.C5H2BrClN2O/c22-15-12-23-20(24-13-15)21(26)25-19-11-4-3-9-18(19)17-10-5-7-14-6-1-2-8-16(14)17;22-14-11-23-21(24-12-14)20-17-10-9-13-5-1-2-6-15(13)19(17)16-7-3-4-8-18(16)25-20;18-17(19)16-11-4-3-9-15(16)14-10-5-7-12-6-1-2-8-13(12)14;17-16-11-4-3-9-15(16)14-10-5-7-12-6-1-2-8-13(12)14;11-10-7-3-5-8-4-1-2-6-9(8)10;9-7(10)5-3-1-2-4-6(5)8(11)12;6-3-1-8-5(4(7)10)9-2-3/h1-13H,(H,25,26);1-12H;1-11H;1-11H,17H2;1-7H;1-4,9-10H;1-2H. The van der Waals surface area contributed by atoms with E-state index in [1.54, 1.807) is 36.9 Å². The molecule has 4 heterocycles. The van der Waals surface area contributed by atoms with Gasteiger partial charge in [-0.1, -0.05) is 301 Å². The number of aromatic nitrogens is 7. The largest absolute Gasteiger partial charge is 0.495 e. The van der Waals surface area contributed by atoms with Crippen LogP contribution < -0.4 is 16.5 Å². The van der Waals surface area contributed by atoms with Gasteiger partial charge in [0.05, 0.1) is 39.8 Å². The van der Waals surface area contributed by atoms with Crippen molar-refractivity contribution in [1.29, 1.82) is 0 Å². The maximum absolute atomic E-state index is 12.5. The number of pyridine rings is 1. The molecule has 0 radical (unpaired) electrons. The topological polar surface area (TPSA) is 289 Å². The number of carbonyl (C=O) groups is 2. The first-order valence-corrected chi connectivity index (χ1v) is 40.4. The van der Waals surface area contributed by atoms with Gasteiger partial charge >= 0.3 is 7.12 Å². The Bertz CT molecular complexity index is 6900. The summed E-state index contributed by atoms with van der Waals surface area (Å²) in [4.78, 5) is 72.5. The highest BCUT2D eigenvalue weighted by molar-refractivity contribution is 9.11. The second-order valence-electron chi connectivity index (χ2n) is 26.2. The molecule has 0 fully saturated rings. The zero-order valence-electron chi connectivity index (χ0n) is 63.1. The van der Waals surface area contributed by atoms with Crippen LogP contribution in [-0.2, 0) is 0 Å². The van der Waals surface area contributed by atoms with Crippen molar-refractivity contribution in [1.82, 2.24) is 34.9 Å². The molecule has 586 valence electrons. The zero-order chi connectivity index (χ0) is 84.0. The number of para-hydroxylation sites is 5. The molecule has 0 unspecified atom stereocenters. The molecule has 0 bridgehead atoms. The van der Waals surface area contributed by atoms with Gasteiger partial charge in [0.15, 0.2) is 5.82 Å². The number of nitro benzene ring substituents is 2. The van der Waals surface area contributed by atoms with Gasteiger partial charge in [-0.25, -0.2) is 34.9 Å². The number of hydrogen-bond acceptors (Lipinski definition) is 16. The van der Waals surface area contributed by atoms with Gasteiger partial charge in [-0.15, -0.1) is 0 Å². The van der Waals surface area contributed by atoms with E-state index in [-0.39, 0.29) is 39.3 Å². The molecule has 19 aromatic rings. The van der Waals surface area contributed by atoms with Crippen molar-refractivity contribution in [2.24, 2.45) is 0 Å². The Hall–Kier alpha value is -13.6. The molecule has 15 aromatic carbocycles. The van der Waals surface area contributed by atoms with Crippen LogP contribution in [0.4, 0.5) is 22.7 Å². The summed E-state index contributed by atoms with van der Waals surface area (Å²) in [5, 5.41) is 56.4. The predicted molar refractivity (Wildman–Crippen MR) is 497 cm³/mol. The fourth-order valence-corrected chi connectivity index (χ4v) is 14.4. The normalized spacial score (nSPS) is 10.5. The predicted octanol–water partition coefficient (Wildman–Crippen LogP) is 24.1. The Morgan fingerprint density at radius 1 is 0.367 bits per heavy atom. The second-order valence-corrected chi connectivity index (χ2v) is 30.2. The van der Waals surface area contributed by atoms with E-state index in [4.69, 9.17) is 32.4 Å². The van der Waals surface area contributed by atoms with E-state index in [0.29, 0.717) is 15.9 Å². The Morgan fingerprint density at radius 3 is 1.25 bits per heavy atom. The lowest BCUT2D eigenvalue weighted by atomic mass is 9.79. The Balaban J connectivity index is 0.000000124. The molecule has 4 aromatic heterocycles. The molecule has 19 rings (SSSR count). The van der Waals surface area contributed by atoms with Gasteiger partial charge in [0.25, 0.3) is 22.5 Å². The highest BCUT2D eigenvalue weighted by Gasteiger charge is 2.23. The number of anilines is 2. The highest BCUT2D eigenvalue weighted by Crippen LogP contribution is 2.39. The van der Waals surface area contributed by atoms with Crippen LogP contribution in [0.5, 0.6) is 0 Å². The molecule has 120 heavy (non-hydrogen) atoms. The first kappa shape index (κ1) is 84.4. The van der Waals surface area contributed by atoms with Crippen LogP contribution in [0.2, 0.25) is 0 Å². The number of fused-ring (bicyclic) bond motifs is 9. The number of nitrogens with zero attached hydrogens (tertiary/aromatic N) is 9. The SMILES string of the molecule is Brc1cccc2ccccc12.Brc1cnc(-c2nc3ccccc3c3c2ccc2ccccc23)nc1.Nc1ccccc1-c1cccc2ccccc12.O=C(Cl)c1ncc(Br)cn1.O=C(Nc1ccccc1-c1cccc2ccccc12)c1ncc(Br)cn1.O=[N+]([O-])c1ccccc1-c1cccc2ccccc12.O=[N+]([O-])c1ccccc1B(O)O. The number of nitrogens with one attached hydrogen (secondary N) is 1. The van der Waals surface area contributed by atoms with Crippen LogP contribution in [0.3, 0.4) is 0 Å². The minimum absolute atomic E-state index is 0.0184. The number of benzene rings is 15. The number of hydrogen-bond donors (Lipinski definition) is 4. The molecule has 0 aliphatic rings. The summed E-state index contributed by atoms with van der Waals surface area (Å²) in [5.41, 5.74) is 15.0. The molecule has 0 saturated heterocycles. The summed E-state index contributed by atoms with van der Waals surface area (Å²) in [6.07, 6.45) is 9.54. The summed E-state index contributed by atoms with van der Waals surface area (Å²) in [6, 6.07) is 106. The molecule has 25 heteroatoms. The van der Waals surface area contributed by atoms with Gasteiger partial charge in [-0.05, 0) is 160 Å². The van der Waals surface area contributed by atoms with E-state index in [2.05, 4.69) is 251 Å². The number of nitro groups is 2. The number of halogens is 5. The maximum atomic E-state index is 12.5. The zero-order valence-corrected chi connectivity index (χ0v) is 70.2. The molecule has 0 spiro atoms. The summed E-state index contributed by atoms with van der Waals surface area (Å²) in [5.74, 6) is 0.435. The second kappa shape index (κ2) is 40.5. The van der Waals surface area contributed by atoms with Gasteiger partial charge < -0.3 is 21.1 Å². The lowest BCUT2D eigenvalue weighted by molar-refractivity contribution is -0.384. The van der Waals surface area contributed by atoms with Crippen molar-refractivity contribution < 1.29 is 29.5 Å². The molecule has 0 aliphatic heterocycles. The van der Waals surface area contributed by atoms with E-state index < -0.39 is 17.3 Å². The molecule has 5 N–H and O–H groups in total. The average molecular weight is 1850 g/mol. The Labute approximate surface area is 726 Å². The van der Waals surface area contributed by atoms with Gasteiger partial charge in [0, 0.05) is 92.4 Å². The molecule has 0 saturated carbocycles. The van der Waals surface area contributed by atoms with Crippen molar-refractivity contribution >= 4 is 197 Å². The molecule has 1 amide bonds. The third-order valence-corrected chi connectivity index (χ3v) is 20.8. The van der Waals surface area contributed by atoms with Crippen LogP contribution >= 0.6 is 75.3 Å². The molecule has 0 atom stereocenters. The lowest BCUT2D eigenvalue weighted by Crippen LogP contribution is -2.31. The van der Waals surface area contributed by atoms with Crippen LogP contribution in [0.1, 0.15) is 21.2 Å². The van der Waals surface area contributed by atoms with E-state index in [1.807, 2.05) is 133 Å². The Kier molecular flexibility index (Phi) is 28.5. The van der Waals surface area contributed by atoms with E-state index >= 15 is 0 Å². The van der Waals surface area contributed by atoms with Gasteiger partial charge in [-0.2, -0.15) is 0 Å². The number of nitrogens with two attached hydrogens (primary N) is 1. The first-order chi connectivity index (χ1) is 58.4. The minimum atomic E-state index is -1.80. The quantitative estimate of drug-likeness (QED) is 0.0247. The fraction of sp³-hybridized carbons (Fsp3) is 0. The lowest BCUT2D eigenvalue weighted by Gasteiger charge is -2.13. The molecular formula is C95H65BBr4ClN11O8. The summed E-state index contributed by atoms with van der Waals surface area (Å²) in [7, 11) is -1.80. The van der Waals surface area contributed by atoms with Crippen LogP contribution in [0.25, 0.3) is 120 Å². The van der Waals surface area contributed by atoms with Crippen molar-refractivity contribution in [2.75, 3.05) is 11.1 Å². The first-order valence-electron chi connectivity index (χ1n) is 36.9. The maximum Gasteiger partial charge on any atom is 0.495 e. The number of carbonyl (C=O) groups excluding carboxylic acids is 2. The van der Waals surface area contributed by atoms with Crippen LogP contribution in [0, 0.1) is 20.2 Å². The monoisotopic (exact) mass is 1850 g/mol. The van der Waals surface area contributed by atoms with E-state index in [1.165, 1.54) is 86.0 Å². The Morgan fingerprint density at radius 2 is 0.742 bits per heavy atom. The van der Waals surface area contributed by atoms with Crippen molar-refractivity contribution in [3.05, 3.63) is 415 Å². The summed E-state index contributed by atoms with van der Waals surface area (Å²) >= 11 is 18.4. The van der Waals surface area contributed by atoms with Gasteiger partial charge in [-0.3, -0.25) is 29.8 Å². The summed E-state index contributed by atoms with van der Waals surface area (Å²) in [6.45, 7) is 0. The highest BCUT2D eigenvalue weighted by atomic mass is 79.9. The smallest absolute Gasteiger partial charge is 0.423 e. The minimum Gasteiger partial charge on any atom is -0.423 e. The summed E-state index contributed by atoms with van der Waals surface area (Å²) < 4.78 is 3.46. The van der Waals surface area contributed by atoms with Crippen molar-refractivity contribution in [2.45, 2.75) is 0 Å². The molecule has 19 nitrogen and oxygen atoms in total. The van der Waals surface area contributed by atoms with Gasteiger partial charge in [0.2, 0.25) is 11.6 Å². The molecule has 0 aliphatic carbocycles. The van der Waals surface area contributed by atoms with Crippen molar-refractivity contribution in [3.63, 3.8) is 0 Å². The fourth-order valence-electron chi connectivity index (χ4n) is 13.2. The van der Waals surface area contributed by atoms with E-state index in [9.17, 15) is 29.8 Å². The van der Waals surface area contributed by atoms with Crippen LogP contribution in [0.15, 0.2) is 383 Å². The van der Waals surface area contributed by atoms with Gasteiger partial charge in [0.1, 0.15) is 5.69 Å². The number of amides is 1. The third kappa shape index (κ3) is 20.9. The number of rotatable bonds is 10. The number of nitrogen functional groups attached to an aromatic ring is 1. The third-order valence-electron chi connectivity index (χ3n) is 18.7. The van der Waals surface area contributed by atoms with Crippen molar-refractivity contribution in [3.8, 4) is 44.9 Å². The molecular weight excluding hydrogens is 1790 g/mol. The van der Waals surface area contributed by atoms with E-state index in [0.717, 1.165) is 90.6 Å². The average Bonchev–Trinajstić information content (AvgIpc) is 0.741.